The van der Waals surface area contributed by atoms with Crippen molar-refractivity contribution in [2.75, 3.05) is 6.61 Å². The zero-order valence-electron chi connectivity index (χ0n) is 35.7. The fourth-order valence-electron chi connectivity index (χ4n) is 17.3. The lowest BCUT2D eigenvalue weighted by Crippen LogP contribution is -2.58. The predicted octanol–water partition coefficient (Wildman–Crippen LogP) is 9.34. The second-order valence-corrected chi connectivity index (χ2v) is 22.0. The third-order valence-electron chi connectivity index (χ3n) is 20.0. The highest BCUT2D eigenvalue weighted by Crippen LogP contribution is 2.78. The molecule has 1 aromatic heterocycles. The van der Waals surface area contributed by atoms with Gasteiger partial charge in [-0.2, -0.15) is 0 Å². The minimum atomic E-state index is -0.369. The second-order valence-electron chi connectivity index (χ2n) is 22.0. The lowest BCUT2D eigenvalue weighted by molar-refractivity contribution is -0.158. The van der Waals surface area contributed by atoms with Crippen molar-refractivity contribution in [1.82, 2.24) is 0 Å². The summed E-state index contributed by atoms with van der Waals surface area (Å²) in [6.07, 6.45) is 27.9. The number of aliphatic hydroxyl groups is 1. The van der Waals surface area contributed by atoms with Crippen LogP contribution in [0.1, 0.15) is 142 Å². The van der Waals surface area contributed by atoms with Crippen molar-refractivity contribution in [2.24, 2.45) is 74.9 Å². The third kappa shape index (κ3) is 5.67. The number of hydrogen-bond donors (Lipinski definition) is 1. The average molecular weight is 797 g/mol. The van der Waals surface area contributed by atoms with Gasteiger partial charge in [-0.05, 0) is 171 Å². The molecule has 3 heterocycles. The topological polar surface area (TPSA) is 116 Å². The molecule has 0 radical (unpaired) electrons. The molecule has 7 saturated carbocycles. The third-order valence-corrected chi connectivity index (χ3v) is 20.0. The van der Waals surface area contributed by atoms with Crippen molar-refractivity contribution in [1.29, 1.82) is 0 Å². The van der Waals surface area contributed by atoms with Crippen LogP contribution < -0.4 is 5.63 Å². The van der Waals surface area contributed by atoms with E-state index in [-0.39, 0.29) is 58.2 Å². The summed E-state index contributed by atoms with van der Waals surface area (Å²) in [5, 5.41) is 10.3. The number of hydrogen-bond acceptors (Lipinski definition) is 8. The Bertz CT molecular complexity index is 1890. The van der Waals surface area contributed by atoms with Gasteiger partial charge in [-0.3, -0.25) is 9.59 Å². The molecule has 18 atom stereocenters. The molecule has 2 saturated heterocycles. The summed E-state index contributed by atoms with van der Waals surface area (Å²) < 4.78 is 23.3. The van der Waals surface area contributed by atoms with Crippen LogP contribution in [-0.4, -0.2) is 47.6 Å². The molecule has 8 nitrogen and oxygen atoms in total. The Morgan fingerprint density at radius 1 is 0.810 bits per heavy atom. The largest absolute Gasteiger partial charge is 0.465 e. The van der Waals surface area contributed by atoms with Gasteiger partial charge in [0, 0.05) is 30.7 Å². The molecule has 11 rings (SSSR count). The quantitative estimate of drug-likeness (QED) is 0.238. The van der Waals surface area contributed by atoms with E-state index in [0.29, 0.717) is 47.5 Å². The molecule has 0 amide bonds. The summed E-state index contributed by atoms with van der Waals surface area (Å²) in [7, 11) is 0. The number of ether oxygens (including phenoxy) is 3. The number of aliphatic hydroxyl groups excluding tert-OH is 1. The average Bonchev–Trinajstić information content (AvgIpc) is 3.78. The van der Waals surface area contributed by atoms with Gasteiger partial charge in [-0.25, -0.2) is 4.79 Å². The highest BCUT2D eigenvalue weighted by atomic mass is 16.7. The molecule has 0 bridgehead atoms. The van der Waals surface area contributed by atoms with Gasteiger partial charge >= 0.3 is 17.6 Å². The molecular formula is C50H68O8. The number of esters is 2. The molecule has 58 heavy (non-hydrogen) atoms. The summed E-state index contributed by atoms with van der Waals surface area (Å²) in [4.78, 5) is 35.2. The Labute approximate surface area is 345 Å². The van der Waals surface area contributed by atoms with Crippen molar-refractivity contribution < 1.29 is 33.3 Å². The van der Waals surface area contributed by atoms with Crippen LogP contribution in [0.15, 0.2) is 51.9 Å². The van der Waals surface area contributed by atoms with Gasteiger partial charge in [0.05, 0.1) is 19.0 Å². The summed E-state index contributed by atoms with van der Waals surface area (Å²) in [5.74, 6) is 6.06. The number of carbonyl (C=O) groups excluding carboxylic acids is 2. The molecule has 9 fully saturated rings. The number of carbonyl (C=O) groups is 2. The van der Waals surface area contributed by atoms with Crippen LogP contribution in [0.25, 0.3) is 0 Å². The Morgan fingerprint density at radius 3 is 2.34 bits per heavy atom. The van der Waals surface area contributed by atoms with Gasteiger partial charge in [0.25, 0.3) is 0 Å². The number of fused-ring (bicyclic) bond motifs is 8. The first kappa shape index (κ1) is 39.4. The van der Waals surface area contributed by atoms with Crippen LogP contribution in [0.2, 0.25) is 0 Å². The van der Waals surface area contributed by atoms with Crippen molar-refractivity contribution in [3.63, 3.8) is 0 Å². The molecule has 8 aliphatic carbocycles. The SMILES string of the molecule is CC(=O)O[C@H]1[C@H]2O[C@]23[C@@H]2CC[C@@H]4C[C@@H](O)CC[C@]4(C)[C@H]2CC[C@]3(C)[C@H]1c1ccc(=O)oc1.C[C@]12CC[C@H]3[C@@H](CCC4C=CC=C[C@@]43C)[C@H]1CC[C@@H]2[C@H]1CCC(=O)OC1. The molecule has 316 valence electrons. The monoisotopic (exact) mass is 796 g/mol. The van der Waals surface area contributed by atoms with Gasteiger partial charge < -0.3 is 23.7 Å². The maximum Gasteiger partial charge on any atom is 0.335 e. The maximum absolute atomic E-state index is 12.1. The number of allylic oxidation sites excluding steroid dienone is 4. The normalized spacial score (nSPS) is 51.8. The van der Waals surface area contributed by atoms with Crippen molar-refractivity contribution >= 4 is 11.9 Å². The van der Waals surface area contributed by atoms with E-state index >= 15 is 0 Å². The lowest BCUT2D eigenvalue weighted by Gasteiger charge is -2.61. The van der Waals surface area contributed by atoms with Gasteiger partial charge in [-0.15, -0.1) is 0 Å². The molecule has 2 aliphatic heterocycles. The van der Waals surface area contributed by atoms with E-state index in [9.17, 15) is 19.5 Å². The molecule has 0 aromatic carbocycles. The van der Waals surface area contributed by atoms with Crippen LogP contribution >= 0.6 is 0 Å². The molecule has 1 spiro atoms. The fourth-order valence-corrected chi connectivity index (χ4v) is 17.3. The molecule has 1 N–H and O–H groups in total. The Kier molecular flexibility index (Phi) is 9.45. The second kappa shape index (κ2) is 13.9. The summed E-state index contributed by atoms with van der Waals surface area (Å²) in [6.45, 7) is 12.1. The molecule has 10 aliphatic rings. The standard InChI is InChI=1S/C26H34O6.C24H34O2/c1-14(27)31-22-21(15-4-7-20(29)30-13-15)25(3)11-9-18-19(26(25)23(22)32-26)6-5-16-12-17(28)8-10-24(16,18)2;1-23-13-4-3-5-17(23)7-8-18-20-10-9-19(16-6-11-22(25)26-15-16)24(20,2)14-12-21(18)23/h4,7,13,16-19,21-23,28H,5-6,8-12H2,1-3H3;3-5,13,16-21H,6-12,14-15H2,1-2H3/t16-,17+,18+,19-,21+,22-,23-,24+,25-,26-;16-,17?,18-,19+,20+,21-,23-,24+/m10/s1. The van der Waals surface area contributed by atoms with Gasteiger partial charge in [0.15, 0.2) is 0 Å². The van der Waals surface area contributed by atoms with Gasteiger partial charge in [0.2, 0.25) is 0 Å². The van der Waals surface area contributed by atoms with E-state index in [1.54, 1.807) is 6.26 Å². The molecular weight excluding hydrogens is 729 g/mol. The summed E-state index contributed by atoms with van der Waals surface area (Å²) >= 11 is 0. The Balaban J connectivity index is 0.000000144. The number of rotatable bonds is 3. The van der Waals surface area contributed by atoms with E-state index in [1.807, 2.05) is 6.07 Å². The first-order chi connectivity index (χ1) is 27.7. The first-order valence-corrected chi connectivity index (χ1v) is 23.4. The summed E-state index contributed by atoms with van der Waals surface area (Å²) in [5.41, 5.74) is 1.18. The first-order valence-electron chi connectivity index (χ1n) is 23.4. The number of cyclic esters (lactones) is 1. The minimum Gasteiger partial charge on any atom is -0.465 e. The molecule has 1 unspecified atom stereocenters. The maximum atomic E-state index is 12.1. The summed E-state index contributed by atoms with van der Waals surface area (Å²) in [6, 6.07) is 3.30. The zero-order valence-corrected chi connectivity index (χ0v) is 35.7. The van der Waals surface area contributed by atoms with Crippen molar-refractivity contribution in [3.05, 3.63) is 58.7 Å². The van der Waals surface area contributed by atoms with Gasteiger partial charge in [-0.1, -0.05) is 52.0 Å². The number of epoxide rings is 1. The minimum absolute atomic E-state index is 0.0213. The van der Waals surface area contributed by atoms with E-state index in [4.69, 9.17) is 18.6 Å². The van der Waals surface area contributed by atoms with E-state index in [1.165, 1.54) is 51.5 Å². The van der Waals surface area contributed by atoms with Crippen molar-refractivity contribution in [3.8, 4) is 0 Å². The van der Waals surface area contributed by atoms with Crippen LogP contribution in [0, 0.1) is 74.9 Å². The van der Waals surface area contributed by atoms with E-state index < -0.39 is 0 Å². The molecule has 8 heteroatoms. The fraction of sp³-hybridized carbons (Fsp3) is 0.780. The smallest absolute Gasteiger partial charge is 0.335 e. The van der Waals surface area contributed by atoms with E-state index in [0.717, 1.165) is 86.5 Å². The van der Waals surface area contributed by atoms with Crippen LogP contribution in [0.4, 0.5) is 0 Å². The molecule has 1 aromatic rings. The highest BCUT2D eigenvalue weighted by molar-refractivity contribution is 5.70. The zero-order chi connectivity index (χ0) is 40.4. The Hall–Kier alpha value is -2.71. The Morgan fingerprint density at radius 2 is 1.59 bits per heavy atom. The predicted molar refractivity (Wildman–Crippen MR) is 219 cm³/mol. The highest BCUT2D eigenvalue weighted by Gasteiger charge is 2.84. The van der Waals surface area contributed by atoms with Crippen molar-refractivity contribution in [2.45, 2.75) is 161 Å². The lowest BCUT2D eigenvalue weighted by atomic mass is 9.44. The van der Waals surface area contributed by atoms with Crippen LogP contribution in [0.3, 0.4) is 0 Å². The van der Waals surface area contributed by atoms with Crippen LogP contribution in [-0.2, 0) is 23.8 Å². The van der Waals surface area contributed by atoms with E-state index in [2.05, 4.69) is 52.0 Å². The van der Waals surface area contributed by atoms with Crippen LogP contribution in [0.5, 0.6) is 0 Å². The van der Waals surface area contributed by atoms with Gasteiger partial charge in [0.1, 0.15) is 17.8 Å².